The average molecular weight is 622 g/mol. The summed E-state index contributed by atoms with van der Waals surface area (Å²) in [5.74, 6) is -1.19. The van der Waals surface area contributed by atoms with Crippen molar-refractivity contribution in [3.63, 3.8) is 0 Å². The van der Waals surface area contributed by atoms with E-state index in [1.165, 1.54) is 19.1 Å². The minimum absolute atomic E-state index is 0.0456. The number of benzene rings is 4. The molecule has 0 heterocycles. The summed E-state index contributed by atoms with van der Waals surface area (Å²) < 4.78 is 6.93. The quantitative estimate of drug-likeness (QED) is 0.158. The van der Waals surface area contributed by atoms with Crippen LogP contribution in [-0.4, -0.2) is 28.6 Å². The first kappa shape index (κ1) is 25.2. The number of ether oxygens (including phenoxy) is 1. The van der Waals surface area contributed by atoms with Crippen molar-refractivity contribution in [2.75, 3.05) is 6.61 Å². The standard InChI is InChI=1S/C30H22Br2O5/c1-3-37-29(36)24-13-18(5-11-28(24)35)30(17-4-10-27(34)23(12-17)16(2)33)25-14-19(31)6-8-21(25)22-9-7-20(32)15-26(22)30/h4-15,34-35H,3H2,1-2H3. The number of rotatable bonds is 5. The van der Waals surface area contributed by atoms with Crippen LogP contribution in [0.15, 0.2) is 81.7 Å². The molecule has 0 aliphatic heterocycles. The number of aromatic hydroxyl groups is 2. The lowest BCUT2D eigenvalue weighted by Gasteiger charge is -2.34. The van der Waals surface area contributed by atoms with Gasteiger partial charge in [-0.3, -0.25) is 4.79 Å². The van der Waals surface area contributed by atoms with E-state index >= 15 is 0 Å². The lowest BCUT2D eigenvalue weighted by molar-refractivity contribution is 0.0522. The maximum absolute atomic E-state index is 12.8. The summed E-state index contributed by atoms with van der Waals surface area (Å²) in [4.78, 5) is 25.3. The lowest BCUT2D eigenvalue weighted by Crippen LogP contribution is -2.29. The summed E-state index contributed by atoms with van der Waals surface area (Å²) in [5.41, 5.74) is 4.53. The number of carbonyl (C=O) groups excluding carboxylic acids is 2. The maximum atomic E-state index is 12.8. The van der Waals surface area contributed by atoms with Gasteiger partial charge in [0.1, 0.15) is 17.1 Å². The molecule has 0 saturated heterocycles. The molecular formula is C30H22Br2O5. The highest BCUT2D eigenvalue weighted by Gasteiger charge is 2.47. The minimum Gasteiger partial charge on any atom is -0.507 e. The molecule has 0 aromatic heterocycles. The van der Waals surface area contributed by atoms with Crippen LogP contribution in [0.5, 0.6) is 11.5 Å². The molecule has 4 aromatic rings. The number of ketones is 1. The molecule has 2 N–H and O–H groups in total. The molecule has 1 aliphatic carbocycles. The third-order valence-electron chi connectivity index (χ3n) is 6.80. The van der Waals surface area contributed by atoms with Gasteiger partial charge in [0.15, 0.2) is 5.78 Å². The van der Waals surface area contributed by atoms with Crippen molar-refractivity contribution in [3.8, 4) is 22.6 Å². The topological polar surface area (TPSA) is 83.8 Å². The van der Waals surface area contributed by atoms with E-state index in [4.69, 9.17) is 4.74 Å². The van der Waals surface area contributed by atoms with Crippen molar-refractivity contribution < 1.29 is 24.5 Å². The van der Waals surface area contributed by atoms with Gasteiger partial charge in [-0.1, -0.05) is 56.1 Å². The second kappa shape index (κ2) is 9.47. The summed E-state index contributed by atoms with van der Waals surface area (Å²) in [7, 11) is 0. The van der Waals surface area contributed by atoms with E-state index in [0.717, 1.165) is 36.8 Å². The molecule has 0 fully saturated rings. The van der Waals surface area contributed by atoms with E-state index in [1.54, 1.807) is 31.2 Å². The summed E-state index contributed by atoms with van der Waals surface area (Å²) in [6.45, 7) is 3.28. The lowest BCUT2D eigenvalue weighted by atomic mass is 9.67. The molecule has 5 nitrogen and oxygen atoms in total. The average Bonchev–Trinajstić information content (AvgIpc) is 3.14. The highest BCUT2D eigenvalue weighted by Crippen LogP contribution is 2.57. The number of hydrogen-bond donors (Lipinski definition) is 2. The van der Waals surface area contributed by atoms with Crippen LogP contribution < -0.4 is 0 Å². The molecule has 0 bridgehead atoms. The van der Waals surface area contributed by atoms with Gasteiger partial charge in [-0.25, -0.2) is 4.79 Å². The molecule has 7 heteroatoms. The van der Waals surface area contributed by atoms with Gasteiger partial charge in [0.25, 0.3) is 0 Å². The normalized spacial score (nSPS) is 13.1. The van der Waals surface area contributed by atoms with E-state index in [-0.39, 0.29) is 35.0 Å². The Morgan fingerprint density at radius 1 is 0.757 bits per heavy atom. The van der Waals surface area contributed by atoms with Gasteiger partial charge in [0.05, 0.1) is 17.6 Å². The van der Waals surface area contributed by atoms with E-state index in [2.05, 4.69) is 31.9 Å². The van der Waals surface area contributed by atoms with Gasteiger partial charge in [0.2, 0.25) is 0 Å². The number of phenols is 2. The Balaban J connectivity index is 1.96. The fourth-order valence-corrected chi connectivity index (χ4v) is 5.97. The second-order valence-corrected chi connectivity index (χ2v) is 10.7. The predicted octanol–water partition coefficient (Wildman–Crippen LogP) is 7.37. The number of halogens is 2. The van der Waals surface area contributed by atoms with Crippen molar-refractivity contribution in [1.82, 2.24) is 0 Å². The van der Waals surface area contributed by atoms with E-state index in [1.807, 2.05) is 36.4 Å². The fraction of sp³-hybridized carbons (Fsp3) is 0.133. The zero-order chi connectivity index (χ0) is 26.5. The molecule has 186 valence electrons. The first-order valence-corrected chi connectivity index (χ1v) is 13.2. The van der Waals surface area contributed by atoms with Crippen molar-refractivity contribution in [2.45, 2.75) is 19.3 Å². The summed E-state index contributed by atoms with van der Waals surface area (Å²) in [6, 6.07) is 22.0. The van der Waals surface area contributed by atoms with E-state index in [9.17, 15) is 19.8 Å². The van der Waals surface area contributed by atoms with Crippen molar-refractivity contribution in [1.29, 1.82) is 0 Å². The zero-order valence-corrected chi connectivity index (χ0v) is 23.2. The highest BCUT2D eigenvalue weighted by atomic mass is 79.9. The van der Waals surface area contributed by atoms with Crippen LogP contribution in [0.25, 0.3) is 11.1 Å². The number of esters is 1. The molecule has 0 unspecified atom stereocenters. The molecule has 37 heavy (non-hydrogen) atoms. The molecule has 1 aliphatic rings. The predicted molar refractivity (Wildman–Crippen MR) is 148 cm³/mol. The van der Waals surface area contributed by atoms with Crippen LogP contribution in [0.2, 0.25) is 0 Å². The summed E-state index contributed by atoms with van der Waals surface area (Å²) in [5, 5.41) is 21.0. The largest absolute Gasteiger partial charge is 0.507 e. The Bertz CT molecular complexity index is 1540. The maximum Gasteiger partial charge on any atom is 0.341 e. The Morgan fingerprint density at radius 2 is 1.24 bits per heavy atom. The molecule has 0 spiro atoms. The number of hydrogen-bond acceptors (Lipinski definition) is 5. The van der Waals surface area contributed by atoms with Crippen molar-refractivity contribution in [2.24, 2.45) is 0 Å². The van der Waals surface area contributed by atoms with Gasteiger partial charge in [0, 0.05) is 8.95 Å². The Morgan fingerprint density at radius 3 is 1.73 bits per heavy atom. The first-order valence-electron chi connectivity index (χ1n) is 11.6. The van der Waals surface area contributed by atoms with Gasteiger partial charge >= 0.3 is 5.97 Å². The Kier molecular flexibility index (Phi) is 6.46. The number of fused-ring (bicyclic) bond motifs is 3. The second-order valence-electron chi connectivity index (χ2n) is 8.87. The highest BCUT2D eigenvalue weighted by molar-refractivity contribution is 9.10. The smallest absolute Gasteiger partial charge is 0.341 e. The number of carbonyl (C=O) groups is 2. The van der Waals surface area contributed by atoms with Gasteiger partial charge in [-0.15, -0.1) is 0 Å². The van der Waals surface area contributed by atoms with Crippen molar-refractivity contribution in [3.05, 3.63) is 115 Å². The molecule has 0 saturated carbocycles. The van der Waals surface area contributed by atoms with E-state index in [0.29, 0.717) is 5.56 Å². The summed E-state index contributed by atoms with van der Waals surface area (Å²) in [6.07, 6.45) is 0. The van der Waals surface area contributed by atoms with Crippen LogP contribution in [-0.2, 0) is 10.2 Å². The van der Waals surface area contributed by atoms with Crippen LogP contribution in [0, 0.1) is 0 Å². The van der Waals surface area contributed by atoms with Crippen LogP contribution in [0.4, 0.5) is 0 Å². The molecular weight excluding hydrogens is 600 g/mol. The third kappa shape index (κ3) is 3.97. The van der Waals surface area contributed by atoms with Gasteiger partial charge in [-0.05, 0) is 95.8 Å². The Hall–Kier alpha value is -3.42. The van der Waals surface area contributed by atoms with Gasteiger partial charge < -0.3 is 14.9 Å². The molecule has 0 amide bonds. The zero-order valence-electron chi connectivity index (χ0n) is 20.0. The number of phenolic OH excluding ortho intramolecular Hbond substituents is 2. The molecule has 0 radical (unpaired) electrons. The monoisotopic (exact) mass is 620 g/mol. The third-order valence-corrected chi connectivity index (χ3v) is 7.78. The molecule has 4 aromatic carbocycles. The Labute approximate surface area is 231 Å². The van der Waals surface area contributed by atoms with E-state index < -0.39 is 11.4 Å². The summed E-state index contributed by atoms with van der Waals surface area (Å²) >= 11 is 7.25. The van der Waals surface area contributed by atoms with Gasteiger partial charge in [-0.2, -0.15) is 0 Å². The molecule has 5 rings (SSSR count). The van der Waals surface area contributed by atoms with Crippen LogP contribution in [0.1, 0.15) is 56.8 Å². The molecule has 0 atom stereocenters. The van der Waals surface area contributed by atoms with Crippen LogP contribution >= 0.6 is 31.9 Å². The minimum atomic E-state index is -0.981. The van der Waals surface area contributed by atoms with Crippen molar-refractivity contribution >= 4 is 43.6 Å². The fourth-order valence-electron chi connectivity index (χ4n) is 5.25. The first-order chi connectivity index (χ1) is 17.7. The van der Waals surface area contributed by atoms with Crippen LogP contribution in [0.3, 0.4) is 0 Å². The SMILES string of the molecule is CCOC(=O)c1cc(C2(c3ccc(O)c(C(C)=O)c3)c3cc(Br)ccc3-c3ccc(Br)cc32)ccc1O. The number of Topliss-reactive ketones (excluding diaryl/α,β-unsaturated/α-hetero) is 1.